The number of aryl methyl sites for hydroxylation is 1. The molecule has 0 bridgehead atoms. The van der Waals surface area contributed by atoms with Gasteiger partial charge in [0.25, 0.3) is 0 Å². The second-order valence-electron chi connectivity index (χ2n) is 6.38. The lowest BCUT2D eigenvalue weighted by molar-refractivity contribution is -0.132. The second kappa shape index (κ2) is 6.89. The average molecular weight is 317 g/mol. The van der Waals surface area contributed by atoms with E-state index in [1.807, 2.05) is 4.90 Å². The molecule has 0 radical (unpaired) electrons. The number of hydrogen-bond donors (Lipinski definition) is 1. The van der Waals surface area contributed by atoms with Crippen LogP contribution in [0.25, 0.3) is 0 Å². The number of rotatable bonds is 5. The molecule has 0 aromatic carbocycles. The molecular weight excluding hydrogens is 294 g/mol. The van der Waals surface area contributed by atoms with E-state index in [0.717, 1.165) is 31.6 Å². The highest BCUT2D eigenvalue weighted by atomic mass is 16.2. The Morgan fingerprint density at radius 1 is 1.39 bits per heavy atom. The number of amides is 1. The van der Waals surface area contributed by atoms with Crippen LogP contribution in [0.15, 0.2) is 12.4 Å². The fourth-order valence-electron chi connectivity index (χ4n) is 2.95. The smallest absolute Gasteiger partial charge is 0.224 e. The number of aromatic nitrogens is 6. The van der Waals surface area contributed by atoms with Gasteiger partial charge in [-0.05, 0) is 35.3 Å². The number of hydrogen-bond acceptors (Lipinski definition) is 5. The highest BCUT2D eigenvalue weighted by molar-refractivity contribution is 5.76. The number of tetrazole rings is 1. The van der Waals surface area contributed by atoms with Crippen LogP contribution in [0.1, 0.15) is 56.3 Å². The number of nitrogens with one attached hydrogen (secondary N) is 1. The number of H-pyrrole nitrogens is 1. The van der Waals surface area contributed by atoms with E-state index in [1.165, 1.54) is 12.0 Å². The minimum atomic E-state index is 0.173. The van der Waals surface area contributed by atoms with Crippen molar-refractivity contribution < 1.29 is 4.79 Å². The fourth-order valence-corrected chi connectivity index (χ4v) is 2.95. The molecule has 1 fully saturated rings. The summed E-state index contributed by atoms with van der Waals surface area (Å²) in [4.78, 5) is 14.2. The Labute approximate surface area is 135 Å². The van der Waals surface area contributed by atoms with E-state index >= 15 is 0 Å². The van der Waals surface area contributed by atoms with Crippen LogP contribution in [0.5, 0.6) is 0 Å². The molecule has 1 aliphatic heterocycles. The van der Waals surface area contributed by atoms with Crippen LogP contribution in [-0.2, 0) is 11.3 Å². The normalized spacial score (nSPS) is 16.2. The lowest BCUT2D eigenvalue weighted by Gasteiger charge is -2.31. The molecule has 0 aliphatic carbocycles. The molecule has 3 rings (SSSR count). The summed E-state index contributed by atoms with van der Waals surface area (Å²) < 4.78 is 1.59. The monoisotopic (exact) mass is 317 g/mol. The fraction of sp³-hybridized carbons (Fsp3) is 0.667. The predicted molar refractivity (Wildman–Crippen MR) is 83.7 cm³/mol. The van der Waals surface area contributed by atoms with Crippen molar-refractivity contribution in [1.29, 1.82) is 0 Å². The molecular formula is C15H23N7O. The van der Waals surface area contributed by atoms with Crippen molar-refractivity contribution in [3.8, 4) is 0 Å². The van der Waals surface area contributed by atoms with Crippen LogP contribution in [0, 0.1) is 0 Å². The van der Waals surface area contributed by atoms with Gasteiger partial charge in [-0.15, -0.1) is 5.10 Å². The van der Waals surface area contributed by atoms with Crippen LogP contribution >= 0.6 is 0 Å². The lowest BCUT2D eigenvalue weighted by atomic mass is 9.93. The Bertz CT molecular complexity index is 626. The standard InChI is InChI=1S/C15H23N7O/c1-11(2)13-9-14(18-17-13)12-3-6-21(7-4-12)15(23)5-8-22-10-16-19-20-22/h9-12H,3-8H2,1-2H3,(H,17,18). The zero-order valence-electron chi connectivity index (χ0n) is 13.6. The molecule has 3 heterocycles. The van der Waals surface area contributed by atoms with Gasteiger partial charge in [0.1, 0.15) is 6.33 Å². The van der Waals surface area contributed by atoms with Crippen molar-refractivity contribution in [2.24, 2.45) is 0 Å². The van der Waals surface area contributed by atoms with Crippen LogP contribution in [0.2, 0.25) is 0 Å². The highest BCUT2D eigenvalue weighted by Gasteiger charge is 2.25. The Hall–Kier alpha value is -2.25. The van der Waals surface area contributed by atoms with Crippen LogP contribution in [-0.4, -0.2) is 54.3 Å². The number of carbonyl (C=O) groups excluding carboxylic acids is 1. The zero-order chi connectivity index (χ0) is 16.2. The average Bonchev–Trinajstić information content (AvgIpc) is 3.24. The number of nitrogens with zero attached hydrogens (tertiary/aromatic N) is 6. The quantitative estimate of drug-likeness (QED) is 0.897. The number of aromatic amines is 1. The molecule has 8 nitrogen and oxygen atoms in total. The van der Waals surface area contributed by atoms with Crippen molar-refractivity contribution >= 4 is 5.91 Å². The molecule has 1 N–H and O–H groups in total. The SMILES string of the molecule is CC(C)c1cc(C2CCN(C(=O)CCn3cnnn3)CC2)[nH]n1. The molecule has 0 saturated carbocycles. The third kappa shape index (κ3) is 3.75. The van der Waals surface area contributed by atoms with E-state index in [0.29, 0.717) is 24.8 Å². The summed E-state index contributed by atoms with van der Waals surface area (Å²) in [5, 5.41) is 18.5. The summed E-state index contributed by atoms with van der Waals surface area (Å²) in [6.07, 6.45) is 3.94. The Balaban J connectivity index is 1.48. The lowest BCUT2D eigenvalue weighted by Crippen LogP contribution is -2.38. The molecule has 8 heteroatoms. The van der Waals surface area contributed by atoms with E-state index in [9.17, 15) is 4.79 Å². The highest BCUT2D eigenvalue weighted by Crippen LogP contribution is 2.28. The molecule has 0 spiro atoms. The molecule has 1 saturated heterocycles. The summed E-state index contributed by atoms with van der Waals surface area (Å²) >= 11 is 0. The Morgan fingerprint density at radius 2 is 2.17 bits per heavy atom. The largest absolute Gasteiger partial charge is 0.343 e. The van der Waals surface area contributed by atoms with Crippen molar-refractivity contribution in [3.63, 3.8) is 0 Å². The Morgan fingerprint density at radius 3 is 2.78 bits per heavy atom. The van der Waals surface area contributed by atoms with Gasteiger partial charge in [0.2, 0.25) is 5.91 Å². The van der Waals surface area contributed by atoms with Crippen LogP contribution in [0.4, 0.5) is 0 Å². The van der Waals surface area contributed by atoms with E-state index in [2.05, 4.69) is 45.6 Å². The predicted octanol–water partition coefficient (Wildman–Crippen LogP) is 1.32. The van der Waals surface area contributed by atoms with Gasteiger partial charge < -0.3 is 4.90 Å². The first-order chi connectivity index (χ1) is 11.1. The van der Waals surface area contributed by atoms with E-state index in [-0.39, 0.29) is 5.91 Å². The van der Waals surface area contributed by atoms with Gasteiger partial charge in [-0.2, -0.15) is 5.10 Å². The van der Waals surface area contributed by atoms with E-state index in [4.69, 9.17) is 0 Å². The molecule has 124 valence electrons. The molecule has 0 atom stereocenters. The molecule has 1 aliphatic rings. The summed E-state index contributed by atoms with van der Waals surface area (Å²) in [7, 11) is 0. The topological polar surface area (TPSA) is 92.6 Å². The van der Waals surface area contributed by atoms with Gasteiger partial charge >= 0.3 is 0 Å². The number of likely N-dealkylation sites (tertiary alicyclic amines) is 1. The maximum absolute atomic E-state index is 12.3. The van der Waals surface area contributed by atoms with Crippen LogP contribution < -0.4 is 0 Å². The van der Waals surface area contributed by atoms with Crippen molar-refractivity contribution in [1.82, 2.24) is 35.3 Å². The van der Waals surface area contributed by atoms with Gasteiger partial charge in [-0.25, -0.2) is 4.68 Å². The minimum Gasteiger partial charge on any atom is -0.343 e. The molecule has 1 amide bonds. The zero-order valence-corrected chi connectivity index (χ0v) is 13.6. The van der Waals surface area contributed by atoms with Crippen molar-refractivity contribution in [2.75, 3.05) is 13.1 Å². The van der Waals surface area contributed by atoms with E-state index in [1.54, 1.807) is 4.68 Å². The van der Waals surface area contributed by atoms with E-state index < -0.39 is 0 Å². The maximum atomic E-state index is 12.3. The van der Waals surface area contributed by atoms with Gasteiger partial charge in [-0.3, -0.25) is 9.89 Å². The van der Waals surface area contributed by atoms with Gasteiger partial charge in [0, 0.05) is 31.1 Å². The third-order valence-electron chi connectivity index (χ3n) is 4.44. The minimum absolute atomic E-state index is 0.173. The first-order valence-corrected chi connectivity index (χ1v) is 8.17. The summed E-state index contributed by atoms with van der Waals surface area (Å²) in [6, 6.07) is 2.17. The summed E-state index contributed by atoms with van der Waals surface area (Å²) in [5.74, 6) is 1.08. The van der Waals surface area contributed by atoms with Gasteiger partial charge in [-0.1, -0.05) is 13.8 Å². The molecule has 23 heavy (non-hydrogen) atoms. The van der Waals surface area contributed by atoms with Gasteiger partial charge in [0.15, 0.2) is 0 Å². The number of carbonyl (C=O) groups is 1. The van der Waals surface area contributed by atoms with Crippen LogP contribution in [0.3, 0.4) is 0 Å². The van der Waals surface area contributed by atoms with Crippen molar-refractivity contribution in [3.05, 3.63) is 23.8 Å². The summed E-state index contributed by atoms with van der Waals surface area (Å²) in [6.45, 7) is 6.42. The molecule has 2 aromatic rings. The van der Waals surface area contributed by atoms with Crippen molar-refractivity contribution in [2.45, 2.75) is 51.5 Å². The van der Waals surface area contributed by atoms with Gasteiger partial charge in [0.05, 0.1) is 12.2 Å². The second-order valence-corrected chi connectivity index (χ2v) is 6.38. The first kappa shape index (κ1) is 15.6. The first-order valence-electron chi connectivity index (χ1n) is 8.17. The molecule has 2 aromatic heterocycles. The Kier molecular flexibility index (Phi) is 4.68. The summed E-state index contributed by atoms with van der Waals surface area (Å²) in [5.41, 5.74) is 2.31. The number of piperidine rings is 1. The third-order valence-corrected chi connectivity index (χ3v) is 4.44. The maximum Gasteiger partial charge on any atom is 0.224 e. The molecule has 0 unspecified atom stereocenters.